The number of rotatable bonds is 2. The highest BCUT2D eigenvalue weighted by atomic mass is 16.1. The molecule has 1 heterocycles. The molecule has 0 unspecified atom stereocenters. The van der Waals surface area contributed by atoms with E-state index in [-0.39, 0.29) is 5.91 Å². The van der Waals surface area contributed by atoms with Crippen molar-refractivity contribution in [3.8, 4) is 6.07 Å². The molecule has 0 aromatic heterocycles. The van der Waals surface area contributed by atoms with Gasteiger partial charge in [0.05, 0.1) is 11.6 Å². The molecule has 0 atom stereocenters. The molecule has 0 fully saturated rings. The average molecular weight is 277 g/mol. The zero-order chi connectivity index (χ0) is 14.7. The van der Waals surface area contributed by atoms with E-state index >= 15 is 0 Å². The number of nitrogens with zero attached hydrogens (tertiary/aromatic N) is 1. The highest BCUT2D eigenvalue weighted by Gasteiger charge is 2.12. The van der Waals surface area contributed by atoms with Gasteiger partial charge < -0.3 is 10.6 Å². The van der Waals surface area contributed by atoms with E-state index in [0.29, 0.717) is 16.8 Å². The fourth-order valence-electron chi connectivity index (χ4n) is 2.45. The number of benzene rings is 2. The lowest BCUT2D eigenvalue weighted by molar-refractivity contribution is 0.102. The minimum absolute atomic E-state index is 0.131. The number of amides is 1. The Balaban J connectivity index is 1.77. The summed E-state index contributed by atoms with van der Waals surface area (Å²) in [7, 11) is 0. The number of aryl methyl sites for hydroxylation is 1. The second-order valence-corrected chi connectivity index (χ2v) is 5.05. The SMILES string of the molecule is N#Cc1ccc(NC(=O)c2ccc3c(c2)CCCN3)cc1. The van der Waals surface area contributed by atoms with Crippen molar-refractivity contribution in [2.75, 3.05) is 17.2 Å². The van der Waals surface area contributed by atoms with Crippen LogP contribution >= 0.6 is 0 Å². The van der Waals surface area contributed by atoms with Gasteiger partial charge in [0.1, 0.15) is 0 Å². The Morgan fingerprint density at radius 2 is 2.00 bits per heavy atom. The van der Waals surface area contributed by atoms with Gasteiger partial charge in [-0.15, -0.1) is 0 Å². The summed E-state index contributed by atoms with van der Waals surface area (Å²) in [6.45, 7) is 0.990. The lowest BCUT2D eigenvalue weighted by Crippen LogP contribution is -2.15. The molecule has 0 saturated heterocycles. The number of hydrogen-bond acceptors (Lipinski definition) is 3. The third kappa shape index (κ3) is 2.87. The molecule has 1 aliphatic rings. The van der Waals surface area contributed by atoms with Gasteiger partial charge in [0.15, 0.2) is 0 Å². The highest BCUT2D eigenvalue weighted by molar-refractivity contribution is 6.04. The molecule has 2 N–H and O–H groups in total. The van der Waals surface area contributed by atoms with E-state index in [9.17, 15) is 4.79 Å². The number of nitrogens with one attached hydrogen (secondary N) is 2. The molecular weight excluding hydrogens is 262 g/mol. The van der Waals surface area contributed by atoms with Gasteiger partial charge in [0.2, 0.25) is 0 Å². The van der Waals surface area contributed by atoms with Crippen molar-refractivity contribution in [1.82, 2.24) is 0 Å². The second-order valence-electron chi connectivity index (χ2n) is 5.05. The Hall–Kier alpha value is -2.80. The van der Waals surface area contributed by atoms with Gasteiger partial charge in [0.25, 0.3) is 5.91 Å². The average Bonchev–Trinajstić information content (AvgIpc) is 2.55. The van der Waals surface area contributed by atoms with Crippen LogP contribution in [0.4, 0.5) is 11.4 Å². The summed E-state index contributed by atoms with van der Waals surface area (Å²) in [4.78, 5) is 12.3. The molecule has 0 saturated carbocycles. The predicted molar refractivity (Wildman–Crippen MR) is 82.4 cm³/mol. The molecule has 21 heavy (non-hydrogen) atoms. The molecule has 0 bridgehead atoms. The number of anilines is 2. The minimum atomic E-state index is -0.131. The van der Waals surface area contributed by atoms with Crippen molar-refractivity contribution in [1.29, 1.82) is 5.26 Å². The molecule has 0 radical (unpaired) electrons. The molecular formula is C17H15N3O. The fourth-order valence-corrected chi connectivity index (χ4v) is 2.45. The van der Waals surface area contributed by atoms with Crippen LogP contribution in [0, 0.1) is 11.3 Å². The highest BCUT2D eigenvalue weighted by Crippen LogP contribution is 2.23. The quantitative estimate of drug-likeness (QED) is 0.886. The van der Waals surface area contributed by atoms with Crippen LogP contribution in [-0.2, 0) is 6.42 Å². The van der Waals surface area contributed by atoms with E-state index in [2.05, 4.69) is 16.7 Å². The second kappa shape index (κ2) is 5.68. The van der Waals surface area contributed by atoms with E-state index in [4.69, 9.17) is 5.26 Å². The Kier molecular flexibility index (Phi) is 3.57. The van der Waals surface area contributed by atoms with Crippen LogP contribution < -0.4 is 10.6 Å². The largest absolute Gasteiger partial charge is 0.385 e. The van der Waals surface area contributed by atoms with E-state index in [1.807, 2.05) is 18.2 Å². The molecule has 2 aromatic carbocycles. The molecule has 2 aromatic rings. The molecule has 3 rings (SSSR count). The van der Waals surface area contributed by atoms with Crippen LogP contribution in [0.15, 0.2) is 42.5 Å². The summed E-state index contributed by atoms with van der Waals surface area (Å²) in [6.07, 6.45) is 2.09. The zero-order valence-corrected chi connectivity index (χ0v) is 11.5. The maximum atomic E-state index is 12.3. The molecule has 4 heteroatoms. The van der Waals surface area contributed by atoms with Crippen LogP contribution in [0.2, 0.25) is 0 Å². The lowest BCUT2D eigenvalue weighted by atomic mass is 10.0. The molecule has 0 spiro atoms. The Labute approximate surface area is 123 Å². The van der Waals surface area contributed by atoms with E-state index in [1.54, 1.807) is 24.3 Å². The topological polar surface area (TPSA) is 64.9 Å². The first kappa shape index (κ1) is 13.2. The Morgan fingerprint density at radius 3 is 2.76 bits per heavy atom. The molecule has 0 aliphatic carbocycles. The number of carbonyl (C=O) groups is 1. The molecule has 4 nitrogen and oxygen atoms in total. The normalized spacial score (nSPS) is 12.7. The fraction of sp³-hybridized carbons (Fsp3) is 0.176. The maximum absolute atomic E-state index is 12.3. The van der Waals surface area contributed by atoms with Gasteiger partial charge in [-0.25, -0.2) is 0 Å². The Bertz CT molecular complexity index is 714. The summed E-state index contributed by atoms with van der Waals surface area (Å²) in [5.41, 5.74) is 4.23. The van der Waals surface area contributed by atoms with Gasteiger partial charge in [-0.1, -0.05) is 0 Å². The maximum Gasteiger partial charge on any atom is 0.255 e. The Morgan fingerprint density at radius 1 is 1.19 bits per heavy atom. The zero-order valence-electron chi connectivity index (χ0n) is 11.5. The van der Waals surface area contributed by atoms with E-state index in [0.717, 1.165) is 25.1 Å². The van der Waals surface area contributed by atoms with Gasteiger partial charge in [-0.3, -0.25) is 4.79 Å². The van der Waals surface area contributed by atoms with Crippen molar-refractivity contribution in [2.24, 2.45) is 0 Å². The number of hydrogen-bond donors (Lipinski definition) is 2. The van der Waals surface area contributed by atoms with Crippen molar-refractivity contribution in [3.63, 3.8) is 0 Å². The van der Waals surface area contributed by atoms with Crippen molar-refractivity contribution < 1.29 is 4.79 Å². The first-order valence-electron chi connectivity index (χ1n) is 6.94. The number of nitriles is 1. The van der Waals surface area contributed by atoms with E-state index < -0.39 is 0 Å². The minimum Gasteiger partial charge on any atom is -0.385 e. The van der Waals surface area contributed by atoms with Gasteiger partial charge in [-0.05, 0) is 60.9 Å². The third-order valence-electron chi connectivity index (χ3n) is 3.58. The van der Waals surface area contributed by atoms with Gasteiger partial charge >= 0.3 is 0 Å². The molecule has 1 aliphatic heterocycles. The molecule has 1 amide bonds. The third-order valence-corrected chi connectivity index (χ3v) is 3.58. The predicted octanol–water partition coefficient (Wildman–Crippen LogP) is 3.17. The van der Waals surface area contributed by atoms with Crippen molar-refractivity contribution in [2.45, 2.75) is 12.8 Å². The van der Waals surface area contributed by atoms with Crippen molar-refractivity contribution >= 4 is 17.3 Å². The first-order chi connectivity index (χ1) is 10.3. The summed E-state index contributed by atoms with van der Waals surface area (Å²) in [5.74, 6) is -0.131. The molecule has 104 valence electrons. The van der Waals surface area contributed by atoms with Gasteiger partial charge in [0, 0.05) is 23.5 Å². The standard InChI is InChI=1S/C17H15N3O/c18-11-12-3-6-15(7-4-12)20-17(21)14-5-8-16-13(10-14)2-1-9-19-16/h3-8,10,19H,1-2,9H2,(H,20,21). The number of fused-ring (bicyclic) bond motifs is 1. The van der Waals surface area contributed by atoms with Crippen LogP contribution in [0.25, 0.3) is 0 Å². The van der Waals surface area contributed by atoms with Crippen molar-refractivity contribution in [3.05, 3.63) is 59.2 Å². The number of carbonyl (C=O) groups excluding carboxylic acids is 1. The van der Waals surface area contributed by atoms with Crippen LogP contribution in [0.5, 0.6) is 0 Å². The lowest BCUT2D eigenvalue weighted by Gasteiger charge is -2.18. The monoisotopic (exact) mass is 277 g/mol. The van der Waals surface area contributed by atoms with Crippen LogP contribution in [0.3, 0.4) is 0 Å². The summed E-state index contributed by atoms with van der Waals surface area (Å²) in [5, 5.41) is 14.9. The summed E-state index contributed by atoms with van der Waals surface area (Å²) < 4.78 is 0. The summed E-state index contributed by atoms with van der Waals surface area (Å²) in [6, 6.07) is 14.6. The smallest absolute Gasteiger partial charge is 0.255 e. The van der Waals surface area contributed by atoms with E-state index in [1.165, 1.54) is 5.56 Å². The van der Waals surface area contributed by atoms with Crippen LogP contribution in [-0.4, -0.2) is 12.5 Å². The van der Waals surface area contributed by atoms with Crippen LogP contribution in [0.1, 0.15) is 27.9 Å². The summed E-state index contributed by atoms with van der Waals surface area (Å²) >= 11 is 0. The van der Waals surface area contributed by atoms with Gasteiger partial charge in [-0.2, -0.15) is 5.26 Å². The first-order valence-corrected chi connectivity index (χ1v) is 6.94.